The van der Waals surface area contributed by atoms with Gasteiger partial charge in [0.15, 0.2) is 0 Å². The van der Waals surface area contributed by atoms with Crippen molar-refractivity contribution >= 4 is 16.0 Å². The first-order valence-electron chi connectivity index (χ1n) is 6.31. The second-order valence-corrected chi connectivity index (χ2v) is 6.27. The first-order chi connectivity index (χ1) is 9.34. The lowest BCUT2D eigenvalue weighted by Crippen LogP contribution is -2.27. The molecule has 112 valence electrons. The van der Waals surface area contributed by atoms with E-state index in [1.165, 1.54) is 23.5 Å². The second-order valence-electron chi connectivity index (χ2n) is 4.22. The van der Waals surface area contributed by atoms with Crippen molar-refractivity contribution in [2.24, 2.45) is 0 Å². The van der Waals surface area contributed by atoms with E-state index in [2.05, 4.69) is 0 Å². The number of ether oxygens (including phenoxy) is 1. The Morgan fingerprint density at radius 1 is 1.35 bits per heavy atom. The van der Waals surface area contributed by atoms with Crippen LogP contribution in [0, 0.1) is 0 Å². The van der Waals surface area contributed by atoms with Crippen LogP contribution in [0.2, 0.25) is 0 Å². The minimum absolute atomic E-state index is 0.0469. The molecule has 0 saturated carbocycles. The number of carbonyl (C=O) groups is 1. The summed E-state index contributed by atoms with van der Waals surface area (Å²) in [7, 11) is -2.21. The van der Waals surface area contributed by atoms with Crippen LogP contribution in [0.1, 0.15) is 30.6 Å². The summed E-state index contributed by atoms with van der Waals surface area (Å²) in [6.45, 7) is 4.28. The van der Waals surface area contributed by atoms with E-state index in [4.69, 9.17) is 9.84 Å². The summed E-state index contributed by atoms with van der Waals surface area (Å²) in [6, 6.07) is 3.87. The number of hydrogen-bond acceptors (Lipinski definition) is 4. The Bertz CT molecular complexity index is 582. The van der Waals surface area contributed by atoms with E-state index in [0.717, 1.165) is 6.07 Å². The molecule has 20 heavy (non-hydrogen) atoms. The molecule has 1 N–H and O–H groups in total. The zero-order chi connectivity index (χ0) is 15.3. The van der Waals surface area contributed by atoms with E-state index in [9.17, 15) is 13.2 Å². The smallest absolute Gasteiger partial charge is 0.339 e. The Balaban J connectivity index is 3.27. The molecule has 1 rings (SSSR count). The number of nitrogens with zero attached hydrogens (tertiary/aromatic N) is 1. The summed E-state index contributed by atoms with van der Waals surface area (Å²) >= 11 is 0. The van der Waals surface area contributed by atoms with Crippen molar-refractivity contribution in [3.05, 3.63) is 23.8 Å². The highest BCUT2D eigenvalue weighted by molar-refractivity contribution is 7.89. The third kappa shape index (κ3) is 3.49. The van der Waals surface area contributed by atoms with Crippen molar-refractivity contribution < 1.29 is 23.1 Å². The molecule has 0 saturated heterocycles. The van der Waals surface area contributed by atoms with E-state index in [1.807, 2.05) is 6.92 Å². The zero-order valence-corrected chi connectivity index (χ0v) is 12.6. The summed E-state index contributed by atoms with van der Waals surface area (Å²) in [5.74, 6) is -1.05. The van der Waals surface area contributed by atoms with E-state index in [-0.39, 0.29) is 16.2 Å². The van der Waals surface area contributed by atoms with Crippen molar-refractivity contribution in [2.45, 2.75) is 25.2 Å². The number of sulfonamides is 1. The van der Waals surface area contributed by atoms with E-state index >= 15 is 0 Å². The predicted molar refractivity (Wildman–Crippen MR) is 74.7 cm³/mol. The highest BCUT2D eigenvalue weighted by Gasteiger charge is 2.23. The number of benzene rings is 1. The van der Waals surface area contributed by atoms with E-state index in [0.29, 0.717) is 19.6 Å². The molecule has 0 heterocycles. The van der Waals surface area contributed by atoms with Crippen LogP contribution in [0.25, 0.3) is 0 Å². The van der Waals surface area contributed by atoms with Crippen LogP contribution >= 0.6 is 0 Å². The molecule has 0 aromatic heterocycles. The maximum absolute atomic E-state index is 12.3. The molecule has 0 aliphatic heterocycles. The standard InChI is InChI=1S/C13H19NO5S/c1-4-8-14(3)20(17,18)10-6-7-12(19-5-2)11(9-10)13(15)16/h6-7,9H,4-5,8H2,1-3H3,(H,15,16). The van der Waals surface area contributed by atoms with Gasteiger partial charge in [-0.3, -0.25) is 0 Å². The molecule has 0 amide bonds. The molecular weight excluding hydrogens is 282 g/mol. The molecule has 0 aliphatic rings. The van der Waals surface area contributed by atoms with Gasteiger partial charge in [-0.15, -0.1) is 0 Å². The van der Waals surface area contributed by atoms with Gasteiger partial charge in [-0.2, -0.15) is 0 Å². The number of carboxylic acid groups (broad SMARTS) is 1. The summed E-state index contributed by atoms with van der Waals surface area (Å²) in [6.07, 6.45) is 0.679. The first kappa shape index (κ1) is 16.5. The van der Waals surface area contributed by atoms with Crippen LogP contribution in [-0.4, -0.2) is 44.0 Å². The second kappa shape index (κ2) is 6.71. The maximum Gasteiger partial charge on any atom is 0.339 e. The molecule has 0 aliphatic carbocycles. The van der Waals surface area contributed by atoms with Crippen molar-refractivity contribution in [2.75, 3.05) is 20.2 Å². The number of rotatable bonds is 7. The minimum Gasteiger partial charge on any atom is -0.493 e. The average Bonchev–Trinajstić information content (AvgIpc) is 2.39. The molecule has 0 atom stereocenters. The lowest BCUT2D eigenvalue weighted by atomic mass is 10.2. The maximum atomic E-state index is 12.3. The normalized spacial score (nSPS) is 11.6. The summed E-state index contributed by atoms with van der Waals surface area (Å²) in [5, 5.41) is 9.14. The molecule has 0 bridgehead atoms. The number of aromatic carboxylic acids is 1. The van der Waals surface area contributed by atoms with Crippen LogP contribution in [0.5, 0.6) is 5.75 Å². The van der Waals surface area contributed by atoms with Gasteiger partial charge in [0.1, 0.15) is 11.3 Å². The lowest BCUT2D eigenvalue weighted by molar-refractivity contribution is 0.0692. The number of carboxylic acids is 1. The van der Waals surface area contributed by atoms with Crippen molar-refractivity contribution in [3.8, 4) is 5.75 Å². The Morgan fingerprint density at radius 2 is 2.00 bits per heavy atom. The first-order valence-corrected chi connectivity index (χ1v) is 7.75. The van der Waals surface area contributed by atoms with Gasteiger partial charge in [0, 0.05) is 13.6 Å². The Kier molecular flexibility index (Phi) is 5.52. The summed E-state index contributed by atoms with van der Waals surface area (Å²) in [5.41, 5.74) is -0.155. The largest absolute Gasteiger partial charge is 0.493 e. The third-order valence-electron chi connectivity index (χ3n) is 2.73. The van der Waals surface area contributed by atoms with Gasteiger partial charge in [-0.05, 0) is 31.5 Å². The average molecular weight is 301 g/mol. The van der Waals surface area contributed by atoms with Crippen molar-refractivity contribution in [1.29, 1.82) is 0 Å². The summed E-state index contributed by atoms with van der Waals surface area (Å²) in [4.78, 5) is 11.1. The van der Waals surface area contributed by atoms with Gasteiger partial charge in [-0.25, -0.2) is 17.5 Å². The molecular formula is C13H19NO5S. The third-order valence-corrected chi connectivity index (χ3v) is 4.58. The SMILES string of the molecule is CCCN(C)S(=O)(=O)c1ccc(OCC)c(C(=O)O)c1. The molecule has 6 nitrogen and oxygen atoms in total. The molecule has 1 aromatic rings. The van der Waals surface area contributed by atoms with Gasteiger partial charge in [0.05, 0.1) is 11.5 Å². The van der Waals surface area contributed by atoms with Gasteiger partial charge in [-0.1, -0.05) is 6.92 Å². The fourth-order valence-electron chi connectivity index (χ4n) is 1.73. The Morgan fingerprint density at radius 3 is 2.50 bits per heavy atom. The molecule has 0 fully saturated rings. The van der Waals surface area contributed by atoms with Gasteiger partial charge in [0.2, 0.25) is 10.0 Å². The predicted octanol–water partition coefficient (Wildman–Crippen LogP) is 1.81. The van der Waals surface area contributed by atoms with Crippen LogP contribution in [0.4, 0.5) is 0 Å². The fourth-order valence-corrected chi connectivity index (χ4v) is 3.02. The van der Waals surface area contributed by atoms with Crippen molar-refractivity contribution in [3.63, 3.8) is 0 Å². The molecule has 0 spiro atoms. The zero-order valence-electron chi connectivity index (χ0n) is 11.8. The van der Waals surface area contributed by atoms with E-state index < -0.39 is 16.0 Å². The lowest BCUT2D eigenvalue weighted by Gasteiger charge is -2.17. The topological polar surface area (TPSA) is 83.9 Å². The van der Waals surface area contributed by atoms with Gasteiger partial charge >= 0.3 is 5.97 Å². The quantitative estimate of drug-likeness (QED) is 0.830. The Hall–Kier alpha value is -1.60. The van der Waals surface area contributed by atoms with Crippen LogP contribution in [-0.2, 0) is 10.0 Å². The van der Waals surface area contributed by atoms with Crippen LogP contribution < -0.4 is 4.74 Å². The van der Waals surface area contributed by atoms with E-state index in [1.54, 1.807) is 6.92 Å². The van der Waals surface area contributed by atoms with Gasteiger partial charge in [0.25, 0.3) is 0 Å². The molecule has 0 unspecified atom stereocenters. The summed E-state index contributed by atoms with van der Waals surface area (Å²) < 4.78 is 30.9. The van der Waals surface area contributed by atoms with Crippen molar-refractivity contribution in [1.82, 2.24) is 4.31 Å². The molecule has 7 heteroatoms. The molecule has 1 aromatic carbocycles. The highest BCUT2D eigenvalue weighted by atomic mass is 32.2. The Labute approximate surface area is 119 Å². The number of hydrogen-bond donors (Lipinski definition) is 1. The van der Waals surface area contributed by atoms with Crippen LogP contribution in [0.15, 0.2) is 23.1 Å². The molecule has 0 radical (unpaired) electrons. The highest BCUT2D eigenvalue weighted by Crippen LogP contribution is 2.24. The van der Waals surface area contributed by atoms with Gasteiger partial charge < -0.3 is 9.84 Å². The fraction of sp³-hybridized carbons (Fsp3) is 0.462. The van der Waals surface area contributed by atoms with Crippen LogP contribution in [0.3, 0.4) is 0 Å². The minimum atomic E-state index is -3.67. The monoisotopic (exact) mass is 301 g/mol.